The highest BCUT2D eigenvalue weighted by Gasteiger charge is 2.22. The molecule has 1 amide bonds. The molecule has 8 nitrogen and oxygen atoms in total. The summed E-state index contributed by atoms with van der Waals surface area (Å²) >= 11 is 0. The van der Waals surface area contributed by atoms with E-state index in [4.69, 9.17) is 14.5 Å². The molecule has 1 atom stereocenters. The van der Waals surface area contributed by atoms with Crippen molar-refractivity contribution in [2.75, 3.05) is 6.61 Å². The Kier molecular flexibility index (Phi) is 6.72. The predicted molar refractivity (Wildman–Crippen MR) is 143 cm³/mol. The van der Waals surface area contributed by atoms with Gasteiger partial charge in [0.15, 0.2) is 0 Å². The van der Waals surface area contributed by atoms with Gasteiger partial charge in [-0.2, -0.15) is 0 Å². The summed E-state index contributed by atoms with van der Waals surface area (Å²) in [4.78, 5) is 29.1. The molecular formula is C29H29N5O3. The van der Waals surface area contributed by atoms with Gasteiger partial charge in [-0.25, -0.2) is 9.78 Å². The first-order valence-electron chi connectivity index (χ1n) is 12.2. The van der Waals surface area contributed by atoms with Crippen LogP contribution < -0.4 is 10.1 Å². The second-order valence-electron chi connectivity index (χ2n) is 9.85. The zero-order valence-corrected chi connectivity index (χ0v) is 21.1. The molecule has 0 fully saturated rings. The number of benzene rings is 1. The van der Waals surface area contributed by atoms with Crippen LogP contribution in [0.25, 0.3) is 33.1 Å². The number of para-hydroxylation sites is 1. The first kappa shape index (κ1) is 24.2. The van der Waals surface area contributed by atoms with Crippen molar-refractivity contribution in [1.29, 1.82) is 0 Å². The van der Waals surface area contributed by atoms with Gasteiger partial charge in [-0.15, -0.1) is 0 Å². The lowest BCUT2D eigenvalue weighted by molar-refractivity contribution is 0.0488. The lowest BCUT2D eigenvalue weighted by Crippen LogP contribution is -2.43. The zero-order valence-electron chi connectivity index (χ0n) is 21.1. The normalized spacial score (nSPS) is 12.4. The number of nitrogens with zero attached hydrogens (tertiary/aromatic N) is 3. The number of carbonyl (C=O) groups excluding carboxylic acids is 1. The Bertz CT molecular complexity index is 1530. The first-order chi connectivity index (χ1) is 17.9. The van der Waals surface area contributed by atoms with Crippen molar-refractivity contribution in [2.45, 2.75) is 38.8 Å². The SMILES string of the molecule is CC(C)(C)OC(=O)NC(COc1cncc2nc(-c3ccncc3)ccc12)Cc1c[nH]c2ccccc12. The third kappa shape index (κ3) is 5.86. The van der Waals surface area contributed by atoms with Crippen molar-refractivity contribution >= 4 is 27.9 Å². The standard InChI is InChI=1S/C29H29N5O3/c1-29(2,3)37-28(35)33-21(14-20-15-32-25-7-5-4-6-22(20)25)18-36-27-17-31-16-26-23(27)8-9-24(34-26)19-10-12-30-13-11-19/h4-13,15-17,21,32H,14,18H2,1-3H3,(H,33,35). The minimum Gasteiger partial charge on any atom is -0.489 e. The number of aromatic amines is 1. The fraction of sp³-hybridized carbons (Fsp3) is 0.241. The lowest BCUT2D eigenvalue weighted by Gasteiger charge is -2.24. The maximum atomic E-state index is 12.6. The Labute approximate surface area is 215 Å². The van der Waals surface area contributed by atoms with E-state index in [1.807, 2.05) is 69.4 Å². The molecule has 0 saturated heterocycles. The van der Waals surface area contributed by atoms with Crippen LogP contribution in [0, 0.1) is 0 Å². The van der Waals surface area contributed by atoms with Crippen molar-refractivity contribution in [1.82, 2.24) is 25.3 Å². The number of hydrogen-bond acceptors (Lipinski definition) is 6. The van der Waals surface area contributed by atoms with E-state index in [-0.39, 0.29) is 12.6 Å². The highest BCUT2D eigenvalue weighted by Crippen LogP contribution is 2.27. The Hall–Kier alpha value is -4.46. The van der Waals surface area contributed by atoms with Crippen LogP contribution in [0.2, 0.25) is 0 Å². The molecule has 0 saturated carbocycles. The number of nitrogens with one attached hydrogen (secondary N) is 2. The van der Waals surface area contributed by atoms with Crippen LogP contribution in [-0.2, 0) is 11.2 Å². The van der Waals surface area contributed by atoms with E-state index < -0.39 is 11.7 Å². The van der Waals surface area contributed by atoms with E-state index in [2.05, 4.69) is 26.3 Å². The van der Waals surface area contributed by atoms with E-state index >= 15 is 0 Å². The van der Waals surface area contributed by atoms with Crippen LogP contribution in [0.3, 0.4) is 0 Å². The minimum atomic E-state index is -0.603. The van der Waals surface area contributed by atoms with Gasteiger partial charge in [0, 0.05) is 40.4 Å². The van der Waals surface area contributed by atoms with Crippen LogP contribution in [0.15, 0.2) is 79.5 Å². The molecule has 5 rings (SSSR count). The van der Waals surface area contributed by atoms with E-state index in [0.29, 0.717) is 12.2 Å². The molecule has 0 aliphatic carbocycles. The van der Waals surface area contributed by atoms with Crippen LogP contribution >= 0.6 is 0 Å². The summed E-state index contributed by atoms with van der Waals surface area (Å²) in [5.74, 6) is 0.598. The maximum absolute atomic E-state index is 12.6. The van der Waals surface area contributed by atoms with Crippen LogP contribution in [0.1, 0.15) is 26.3 Å². The number of H-pyrrole nitrogens is 1. The van der Waals surface area contributed by atoms with Gasteiger partial charge in [-0.1, -0.05) is 18.2 Å². The molecule has 37 heavy (non-hydrogen) atoms. The lowest BCUT2D eigenvalue weighted by atomic mass is 10.1. The van der Waals surface area contributed by atoms with Gasteiger partial charge in [-0.05, 0) is 63.1 Å². The highest BCUT2D eigenvalue weighted by atomic mass is 16.6. The number of carbonyl (C=O) groups is 1. The van der Waals surface area contributed by atoms with Gasteiger partial charge < -0.3 is 19.8 Å². The van der Waals surface area contributed by atoms with Crippen LogP contribution in [0.5, 0.6) is 5.75 Å². The fourth-order valence-electron chi connectivity index (χ4n) is 4.21. The molecule has 0 spiro atoms. The molecule has 4 heterocycles. The molecule has 2 N–H and O–H groups in total. The number of hydrogen-bond donors (Lipinski definition) is 2. The average molecular weight is 496 g/mol. The fourth-order valence-corrected chi connectivity index (χ4v) is 4.21. The number of pyridine rings is 3. The van der Waals surface area contributed by atoms with Crippen LogP contribution in [0.4, 0.5) is 4.79 Å². The Morgan fingerprint density at radius 2 is 1.81 bits per heavy atom. The summed E-state index contributed by atoms with van der Waals surface area (Å²) in [5.41, 5.74) is 4.05. The average Bonchev–Trinajstić information content (AvgIpc) is 3.29. The summed E-state index contributed by atoms with van der Waals surface area (Å²) in [5, 5.41) is 4.94. The number of aromatic nitrogens is 4. The number of amides is 1. The van der Waals surface area contributed by atoms with Crippen molar-refractivity contribution in [3.63, 3.8) is 0 Å². The second-order valence-corrected chi connectivity index (χ2v) is 9.85. The molecule has 0 aliphatic heterocycles. The molecule has 5 aromatic rings. The van der Waals surface area contributed by atoms with Gasteiger partial charge >= 0.3 is 6.09 Å². The summed E-state index contributed by atoms with van der Waals surface area (Å²) in [6.07, 6.45) is 8.92. The van der Waals surface area contributed by atoms with E-state index in [1.54, 1.807) is 24.8 Å². The monoisotopic (exact) mass is 495 g/mol. The van der Waals surface area contributed by atoms with Gasteiger partial charge in [0.05, 0.1) is 29.6 Å². The molecule has 8 heteroatoms. The molecule has 1 unspecified atom stereocenters. The smallest absolute Gasteiger partial charge is 0.408 e. The van der Waals surface area contributed by atoms with Crippen molar-refractivity contribution in [2.24, 2.45) is 0 Å². The van der Waals surface area contributed by atoms with Crippen molar-refractivity contribution in [3.8, 4) is 17.0 Å². The maximum Gasteiger partial charge on any atom is 0.408 e. The quantitative estimate of drug-likeness (QED) is 0.301. The second kappa shape index (κ2) is 10.3. The van der Waals surface area contributed by atoms with E-state index in [1.165, 1.54) is 0 Å². The molecule has 1 aromatic carbocycles. The Balaban J connectivity index is 1.38. The summed E-state index contributed by atoms with van der Waals surface area (Å²) in [6.45, 7) is 5.75. The highest BCUT2D eigenvalue weighted by molar-refractivity contribution is 5.86. The first-order valence-corrected chi connectivity index (χ1v) is 12.2. The largest absolute Gasteiger partial charge is 0.489 e. The minimum absolute atomic E-state index is 0.228. The summed E-state index contributed by atoms with van der Waals surface area (Å²) in [7, 11) is 0. The molecule has 0 aliphatic rings. The number of ether oxygens (including phenoxy) is 2. The summed E-state index contributed by atoms with van der Waals surface area (Å²) < 4.78 is 11.7. The zero-order chi connectivity index (χ0) is 25.8. The van der Waals surface area contributed by atoms with E-state index in [0.717, 1.165) is 38.6 Å². The van der Waals surface area contributed by atoms with Gasteiger partial charge in [0.25, 0.3) is 0 Å². The van der Waals surface area contributed by atoms with Crippen molar-refractivity contribution in [3.05, 3.63) is 85.1 Å². The third-order valence-corrected chi connectivity index (χ3v) is 5.86. The topological polar surface area (TPSA) is 102 Å². The van der Waals surface area contributed by atoms with Crippen LogP contribution in [-0.4, -0.2) is 44.3 Å². The number of fused-ring (bicyclic) bond motifs is 2. The Morgan fingerprint density at radius 3 is 2.62 bits per heavy atom. The molecule has 0 radical (unpaired) electrons. The molecule has 188 valence electrons. The molecule has 4 aromatic heterocycles. The third-order valence-electron chi connectivity index (χ3n) is 5.86. The van der Waals surface area contributed by atoms with Gasteiger partial charge in [0.1, 0.15) is 18.0 Å². The molecular weight excluding hydrogens is 466 g/mol. The molecule has 0 bridgehead atoms. The number of rotatable bonds is 7. The van der Waals surface area contributed by atoms with Gasteiger partial charge in [-0.3, -0.25) is 9.97 Å². The Morgan fingerprint density at radius 1 is 1.00 bits per heavy atom. The van der Waals surface area contributed by atoms with Crippen molar-refractivity contribution < 1.29 is 14.3 Å². The predicted octanol–water partition coefficient (Wildman–Crippen LogP) is 5.69. The van der Waals surface area contributed by atoms with E-state index in [9.17, 15) is 4.79 Å². The summed E-state index contributed by atoms with van der Waals surface area (Å²) in [6, 6.07) is 15.5. The van der Waals surface area contributed by atoms with Gasteiger partial charge in [0.2, 0.25) is 0 Å². The number of alkyl carbamates (subject to hydrolysis) is 1.